The lowest BCUT2D eigenvalue weighted by Gasteiger charge is -2.38. The fourth-order valence-electron chi connectivity index (χ4n) is 4.75. The Bertz CT molecular complexity index is 1230. The number of thiazole rings is 1. The number of halogens is 1. The highest BCUT2D eigenvalue weighted by molar-refractivity contribution is 9.11. The topological polar surface area (TPSA) is 157 Å². The van der Waals surface area contributed by atoms with Crippen LogP contribution in [0.2, 0.25) is 0 Å². The second-order valence-corrected chi connectivity index (χ2v) is 14.1. The summed E-state index contributed by atoms with van der Waals surface area (Å²) in [6.45, 7) is 10.7. The maximum Gasteiger partial charge on any atom is 0.412 e. The van der Waals surface area contributed by atoms with Crippen LogP contribution in [-0.4, -0.2) is 62.2 Å². The summed E-state index contributed by atoms with van der Waals surface area (Å²) in [5.74, 6) is -0.501. The number of carbonyl (C=O) groups excluding carboxylic acids is 3. The van der Waals surface area contributed by atoms with E-state index < -0.39 is 34.9 Å². The first-order chi connectivity index (χ1) is 18.1. The lowest BCUT2D eigenvalue weighted by molar-refractivity contribution is -0.0913. The number of nitrogens with zero attached hydrogens (tertiary/aromatic N) is 2. The minimum absolute atomic E-state index is 0.0500. The Morgan fingerprint density at radius 1 is 1.10 bits per heavy atom. The number of anilines is 2. The highest BCUT2D eigenvalue weighted by Gasteiger charge is 2.48. The minimum Gasteiger partial charge on any atom is -0.444 e. The Morgan fingerprint density at radius 3 is 2.46 bits per heavy atom. The molecule has 3 unspecified atom stereocenters. The Kier molecular flexibility index (Phi) is 8.29. The summed E-state index contributed by atoms with van der Waals surface area (Å²) in [6.07, 6.45) is 3.94. The molecule has 2 aromatic heterocycles. The van der Waals surface area contributed by atoms with Crippen LogP contribution in [0.1, 0.15) is 83.4 Å². The van der Waals surface area contributed by atoms with Gasteiger partial charge in [0.2, 0.25) is 0 Å². The maximum atomic E-state index is 13.2. The van der Waals surface area contributed by atoms with Gasteiger partial charge in [-0.1, -0.05) is 11.3 Å². The van der Waals surface area contributed by atoms with Gasteiger partial charge in [-0.15, -0.1) is 0 Å². The predicted molar refractivity (Wildman–Crippen MR) is 149 cm³/mol. The molecule has 4 rings (SSSR count). The number of H-pyrrole nitrogens is 1. The van der Waals surface area contributed by atoms with Crippen LogP contribution < -0.4 is 16.0 Å². The van der Waals surface area contributed by atoms with Crippen LogP contribution >= 0.6 is 27.3 Å². The standard InChI is InChI=1S/C25H35BrN6O6S/c1-23(2,3)37-21(34)29-13-7-9-25(10-8-16(13)36-25)11-14-15(12-27-32-14)28-18(33)17-19(39-20(26)30-17)31-22(35)38-24(4,5)6/h12-13,16H,7-11H2,1-6H3,(H,27,32)(H,28,33)(H,29,34)(H,31,35). The van der Waals surface area contributed by atoms with E-state index in [4.69, 9.17) is 14.2 Å². The molecule has 0 aliphatic carbocycles. The molecule has 0 spiro atoms. The lowest BCUT2D eigenvalue weighted by atomic mass is 9.88. The van der Waals surface area contributed by atoms with Gasteiger partial charge in [-0.2, -0.15) is 5.10 Å². The van der Waals surface area contributed by atoms with Crippen molar-refractivity contribution < 1.29 is 28.6 Å². The summed E-state index contributed by atoms with van der Waals surface area (Å²) < 4.78 is 17.6. The van der Waals surface area contributed by atoms with Crippen molar-refractivity contribution in [3.05, 3.63) is 21.5 Å². The second-order valence-electron chi connectivity index (χ2n) is 11.8. The van der Waals surface area contributed by atoms with Gasteiger partial charge in [0.1, 0.15) is 16.2 Å². The molecule has 2 fully saturated rings. The number of amides is 3. The molecular weight excluding hydrogens is 592 g/mol. The molecule has 3 amide bonds. The van der Waals surface area contributed by atoms with Crippen molar-refractivity contribution in [2.45, 2.75) is 103 Å². The lowest BCUT2D eigenvalue weighted by Crippen LogP contribution is -2.50. The third-order valence-corrected chi connectivity index (χ3v) is 7.67. The largest absolute Gasteiger partial charge is 0.444 e. The SMILES string of the molecule is CC(C)(C)OC(=O)Nc1sc(Br)nc1C(=O)Nc1cn[nH]c1CC12CCC(NC(=O)OC(C)(C)C)C(CC1)O2. The average molecular weight is 628 g/mol. The zero-order valence-corrected chi connectivity index (χ0v) is 25.3. The molecule has 14 heteroatoms. The van der Waals surface area contributed by atoms with E-state index in [0.717, 1.165) is 42.7 Å². The van der Waals surface area contributed by atoms with Gasteiger partial charge in [-0.05, 0) is 83.2 Å². The van der Waals surface area contributed by atoms with Crippen molar-refractivity contribution in [2.75, 3.05) is 10.6 Å². The third kappa shape index (κ3) is 7.70. The summed E-state index contributed by atoms with van der Waals surface area (Å²) in [5, 5.41) is 15.8. The van der Waals surface area contributed by atoms with E-state index in [0.29, 0.717) is 16.0 Å². The van der Waals surface area contributed by atoms with E-state index in [1.54, 1.807) is 20.8 Å². The minimum atomic E-state index is -0.689. The van der Waals surface area contributed by atoms with Crippen LogP contribution in [0.4, 0.5) is 20.3 Å². The van der Waals surface area contributed by atoms with Crippen molar-refractivity contribution in [3.63, 3.8) is 0 Å². The molecule has 0 saturated carbocycles. The molecule has 4 heterocycles. The summed E-state index contributed by atoms with van der Waals surface area (Å²) in [7, 11) is 0. The van der Waals surface area contributed by atoms with Crippen molar-refractivity contribution >= 4 is 56.0 Å². The van der Waals surface area contributed by atoms with Gasteiger partial charge in [0.25, 0.3) is 5.91 Å². The quantitative estimate of drug-likeness (QED) is 0.333. The Morgan fingerprint density at radius 2 is 1.77 bits per heavy atom. The van der Waals surface area contributed by atoms with E-state index in [1.807, 2.05) is 20.8 Å². The molecule has 4 N–H and O–H groups in total. The number of aromatic amines is 1. The zero-order chi connectivity index (χ0) is 28.6. The van der Waals surface area contributed by atoms with Crippen LogP contribution in [0.25, 0.3) is 0 Å². The number of carbonyl (C=O) groups is 3. The first-order valence-electron chi connectivity index (χ1n) is 12.8. The number of fused-ring (bicyclic) bond motifs is 2. The number of aromatic nitrogens is 3. The molecule has 0 radical (unpaired) electrons. The molecule has 214 valence electrons. The van der Waals surface area contributed by atoms with Crippen molar-refractivity contribution in [3.8, 4) is 0 Å². The normalized spacial score (nSPS) is 22.7. The number of ether oxygens (including phenoxy) is 3. The third-order valence-electron chi connectivity index (χ3n) is 6.24. The van der Waals surface area contributed by atoms with Crippen molar-refractivity contribution in [1.82, 2.24) is 20.5 Å². The van der Waals surface area contributed by atoms with E-state index in [1.165, 1.54) is 6.20 Å². The Hall–Kier alpha value is -2.71. The van der Waals surface area contributed by atoms with Gasteiger partial charge in [0, 0.05) is 6.42 Å². The van der Waals surface area contributed by atoms with Crippen LogP contribution in [-0.2, 0) is 20.6 Å². The van der Waals surface area contributed by atoms with Crippen LogP contribution in [0, 0.1) is 0 Å². The molecule has 3 atom stereocenters. The number of hydrogen-bond acceptors (Lipinski definition) is 9. The fourth-order valence-corrected chi connectivity index (χ4v) is 6.08. The Labute approximate surface area is 239 Å². The molecule has 2 bridgehead atoms. The number of rotatable bonds is 6. The summed E-state index contributed by atoms with van der Waals surface area (Å²) in [4.78, 5) is 41.9. The molecular formula is C25H35BrN6O6S. The summed E-state index contributed by atoms with van der Waals surface area (Å²) in [5.41, 5.74) is -0.404. The number of alkyl carbamates (subject to hydrolysis) is 1. The monoisotopic (exact) mass is 626 g/mol. The van der Waals surface area contributed by atoms with Gasteiger partial charge in [0.15, 0.2) is 9.61 Å². The van der Waals surface area contributed by atoms with Gasteiger partial charge < -0.3 is 24.8 Å². The zero-order valence-electron chi connectivity index (χ0n) is 22.9. The average Bonchev–Trinajstić information content (AvgIpc) is 3.46. The molecule has 0 aromatic carbocycles. The van der Waals surface area contributed by atoms with Gasteiger partial charge >= 0.3 is 12.2 Å². The smallest absolute Gasteiger partial charge is 0.412 e. The van der Waals surface area contributed by atoms with E-state index in [-0.39, 0.29) is 22.8 Å². The molecule has 12 nitrogen and oxygen atoms in total. The molecule has 2 saturated heterocycles. The molecule has 39 heavy (non-hydrogen) atoms. The highest BCUT2D eigenvalue weighted by Crippen LogP contribution is 2.44. The first-order valence-corrected chi connectivity index (χ1v) is 14.4. The van der Waals surface area contributed by atoms with E-state index >= 15 is 0 Å². The van der Waals surface area contributed by atoms with Crippen LogP contribution in [0.15, 0.2) is 10.1 Å². The maximum absolute atomic E-state index is 13.2. The molecule has 2 aliphatic rings. The summed E-state index contributed by atoms with van der Waals surface area (Å²) in [6, 6.07) is -0.115. The van der Waals surface area contributed by atoms with Gasteiger partial charge in [0.05, 0.1) is 35.3 Å². The summed E-state index contributed by atoms with van der Waals surface area (Å²) >= 11 is 4.39. The van der Waals surface area contributed by atoms with Gasteiger partial charge in [-0.3, -0.25) is 15.2 Å². The van der Waals surface area contributed by atoms with Gasteiger partial charge in [-0.25, -0.2) is 14.6 Å². The highest BCUT2D eigenvalue weighted by atomic mass is 79.9. The van der Waals surface area contributed by atoms with Crippen LogP contribution in [0.3, 0.4) is 0 Å². The van der Waals surface area contributed by atoms with Crippen molar-refractivity contribution in [2.24, 2.45) is 0 Å². The molecule has 2 aromatic rings. The second kappa shape index (κ2) is 11.0. The number of nitrogens with one attached hydrogen (secondary N) is 4. The van der Waals surface area contributed by atoms with Crippen LogP contribution in [0.5, 0.6) is 0 Å². The number of hydrogen-bond donors (Lipinski definition) is 4. The fraction of sp³-hybridized carbons (Fsp3) is 0.640. The molecule has 2 aliphatic heterocycles. The van der Waals surface area contributed by atoms with Crippen molar-refractivity contribution in [1.29, 1.82) is 0 Å². The predicted octanol–water partition coefficient (Wildman–Crippen LogP) is 5.38. The van der Waals surface area contributed by atoms with E-state index in [9.17, 15) is 14.4 Å². The van der Waals surface area contributed by atoms with E-state index in [2.05, 4.69) is 47.1 Å². The Balaban J connectivity index is 1.39. The first kappa shape index (κ1) is 29.3.